The van der Waals surface area contributed by atoms with E-state index in [0.717, 1.165) is 37.8 Å². The molecule has 17 heavy (non-hydrogen) atoms. The van der Waals surface area contributed by atoms with Gasteiger partial charge in [-0.3, -0.25) is 4.79 Å². The molecule has 92 valence electrons. The monoisotopic (exact) mass is 231 g/mol. The Bertz CT molecular complexity index is 374. The van der Waals surface area contributed by atoms with E-state index in [-0.39, 0.29) is 0 Å². The van der Waals surface area contributed by atoms with Crippen LogP contribution in [0.5, 0.6) is 0 Å². The maximum Gasteiger partial charge on any atom is 0.157 e. The zero-order valence-electron chi connectivity index (χ0n) is 10.5. The number of carbonyl (C=O) groups is 1. The fourth-order valence-electron chi connectivity index (χ4n) is 2.68. The van der Waals surface area contributed by atoms with Gasteiger partial charge < -0.3 is 5.32 Å². The lowest BCUT2D eigenvalue weighted by Gasteiger charge is -2.37. The summed E-state index contributed by atoms with van der Waals surface area (Å²) in [7, 11) is 0. The zero-order chi connectivity index (χ0) is 12.1. The van der Waals surface area contributed by atoms with Crippen LogP contribution in [0.25, 0.3) is 0 Å². The molecule has 0 radical (unpaired) electrons. The zero-order valence-corrected chi connectivity index (χ0v) is 10.5. The number of ketones is 1. The lowest BCUT2D eigenvalue weighted by molar-refractivity contribution is -0.128. The molecule has 0 saturated heterocycles. The highest BCUT2D eigenvalue weighted by molar-refractivity contribution is 5.90. The molecule has 1 fully saturated rings. The van der Waals surface area contributed by atoms with Crippen LogP contribution in [0.15, 0.2) is 30.3 Å². The minimum atomic E-state index is -0.407. The molecular weight excluding hydrogens is 210 g/mol. The Balaban J connectivity index is 2.32. The van der Waals surface area contributed by atoms with Gasteiger partial charge in [0.1, 0.15) is 5.54 Å². The maximum absolute atomic E-state index is 12.4. The van der Waals surface area contributed by atoms with Crippen molar-refractivity contribution in [3.05, 3.63) is 35.9 Å². The molecule has 1 unspecified atom stereocenters. The van der Waals surface area contributed by atoms with E-state index in [1.807, 2.05) is 18.2 Å². The number of benzene rings is 1. The Morgan fingerprint density at radius 1 is 1.24 bits per heavy atom. The lowest BCUT2D eigenvalue weighted by atomic mass is 9.75. The van der Waals surface area contributed by atoms with E-state index >= 15 is 0 Å². The Morgan fingerprint density at radius 3 is 2.65 bits per heavy atom. The van der Waals surface area contributed by atoms with Crippen LogP contribution in [0.1, 0.15) is 44.6 Å². The second-order valence-electron chi connectivity index (χ2n) is 4.83. The molecule has 0 aromatic heterocycles. The van der Waals surface area contributed by atoms with Gasteiger partial charge in [0.05, 0.1) is 0 Å². The smallest absolute Gasteiger partial charge is 0.157 e. The normalized spacial score (nSPS) is 24.9. The summed E-state index contributed by atoms with van der Waals surface area (Å²) < 4.78 is 0. The lowest BCUT2D eigenvalue weighted by Crippen LogP contribution is -2.51. The molecule has 0 heterocycles. The molecule has 1 atom stereocenters. The first-order valence-corrected chi connectivity index (χ1v) is 6.63. The van der Waals surface area contributed by atoms with Gasteiger partial charge in [0.15, 0.2) is 5.78 Å². The first kappa shape index (κ1) is 12.3. The molecule has 1 aromatic rings. The van der Waals surface area contributed by atoms with Crippen LogP contribution < -0.4 is 5.32 Å². The molecule has 0 bridgehead atoms. The molecule has 1 saturated carbocycles. The molecule has 2 nitrogen and oxygen atoms in total. The predicted octanol–water partition coefficient (Wildman–Crippen LogP) is 3.02. The van der Waals surface area contributed by atoms with Crippen LogP contribution >= 0.6 is 0 Å². The summed E-state index contributed by atoms with van der Waals surface area (Å²) in [5, 5.41) is 3.50. The summed E-state index contributed by atoms with van der Waals surface area (Å²) in [6, 6.07) is 10.2. The summed E-state index contributed by atoms with van der Waals surface area (Å²) in [5.41, 5.74) is 0.730. The van der Waals surface area contributed by atoms with E-state index in [9.17, 15) is 4.79 Å². The van der Waals surface area contributed by atoms with Gasteiger partial charge in [-0.25, -0.2) is 0 Å². The van der Waals surface area contributed by atoms with Crippen LogP contribution in [-0.2, 0) is 10.3 Å². The summed E-state index contributed by atoms with van der Waals surface area (Å²) in [6.45, 7) is 3.04. The number of hydrogen-bond donors (Lipinski definition) is 1. The highest BCUT2D eigenvalue weighted by atomic mass is 16.1. The van der Waals surface area contributed by atoms with Crippen molar-refractivity contribution in [1.29, 1.82) is 0 Å². The number of Topliss-reactive ketones (excluding diaryl/α,β-unsaturated/α-hetero) is 1. The molecule has 1 aromatic carbocycles. The van der Waals surface area contributed by atoms with Crippen molar-refractivity contribution in [3.63, 3.8) is 0 Å². The Kier molecular flexibility index (Phi) is 3.95. The van der Waals surface area contributed by atoms with Crippen molar-refractivity contribution in [2.24, 2.45) is 0 Å². The van der Waals surface area contributed by atoms with Crippen LogP contribution in [0, 0.1) is 0 Å². The molecule has 0 spiro atoms. The number of hydrogen-bond acceptors (Lipinski definition) is 2. The van der Waals surface area contributed by atoms with Crippen LogP contribution in [0.4, 0.5) is 0 Å². The fourth-order valence-corrected chi connectivity index (χ4v) is 2.68. The van der Waals surface area contributed by atoms with Gasteiger partial charge in [0.2, 0.25) is 0 Å². The second-order valence-corrected chi connectivity index (χ2v) is 4.83. The number of rotatable bonds is 4. The SMILES string of the molecule is CCCNC1(c2ccccc2)CCCCC1=O. The predicted molar refractivity (Wildman–Crippen MR) is 69.9 cm³/mol. The average Bonchev–Trinajstić information content (AvgIpc) is 2.39. The van der Waals surface area contributed by atoms with Crippen molar-refractivity contribution in [2.45, 2.75) is 44.6 Å². The van der Waals surface area contributed by atoms with Crippen LogP contribution in [0.2, 0.25) is 0 Å². The van der Waals surface area contributed by atoms with E-state index in [0.29, 0.717) is 12.2 Å². The van der Waals surface area contributed by atoms with E-state index < -0.39 is 5.54 Å². The van der Waals surface area contributed by atoms with E-state index in [1.54, 1.807) is 0 Å². The average molecular weight is 231 g/mol. The molecule has 0 amide bonds. The van der Waals surface area contributed by atoms with Crippen LogP contribution in [0.3, 0.4) is 0 Å². The third-order valence-corrected chi connectivity index (χ3v) is 3.62. The van der Waals surface area contributed by atoms with Gasteiger partial charge in [-0.05, 0) is 31.4 Å². The second kappa shape index (κ2) is 5.46. The van der Waals surface area contributed by atoms with Gasteiger partial charge in [0.25, 0.3) is 0 Å². The molecule has 1 N–H and O–H groups in total. The maximum atomic E-state index is 12.4. The molecular formula is C15H21NO. The summed E-state index contributed by atoms with van der Waals surface area (Å²) in [5.74, 6) is 0.364. The van der Waals surface area contributed by atoms with Crippen molar-refractivity contribution in [1.82, 2.24) is 5.32 Å². The van der Waals surface area contributed by atoms with Gasteiger partial charge in [0, 0.05) is 6.42 Å². The van der Waals surface area contributed by atoms with E-state index in [4.69, 9.17) is 0 Å². The van der Waals surface area contributed by atoms with Gasteiger partial charge in [-0.2, -0.15) is 0 Å². The first-order chi connectivity index (χ1) is 8.29. The number of nitrogens with one attached hydrogen (secondary N) is 1. The van der Waals surface area contributed by atoms with Crippen LogP contribution in [-0.4, -0.2) is 12.3 Å². The first-order valence-electron chi connectivity index (χ1n) is 6.63. The van der Waals surface area contributed by atoms with Crippen molar-refractivity contribution >= 4 is 5.78 Å². The van der Waals surface area contributed by atoms with Crippen molar-refractivity contribution in [2.75, 3.05) is 6.54 Å². The number of carbonyl (C=O) groups excluding carboxylic acids is 1. The third-order valence-electron chi connectivity index (χ3n) is 3.62. The Morgan fingerprint density at radius 2 is 2.00 bits per heavy atom. The van der Waals surface area contributed by atoms with Gasteiger partial charge in [-0.1, -0.05) is 43.7 Å². The highest BCUT2D eigenvalue weighted by Gasteiger charge is 2.40. The van der Waals surface area contributed by atoms with Gasteiger partial charge >= 0.3 is 0 Å². The molecule has 2 heteroatoms. The molecule has 1 aliphatic carbocycles. The Hall–Kier alpha value is -1.15. The standard InChI is InChI=1S/C15H21NO/c1-2-12-16-15(11-7-6-10-14(15)17)13-8-4-3-5-9-13/h3-5,8-9,16H,2,6-7,10-12H2,1H3. The van der Waals surface area contributed by atoms with Gasteiger partial charge in [-0.15, -0.1) is 0 Å². The minimum Gasteiger partial charge on any atom is -0.301 e. The summed E-state index contributed by atoms with van der Waals surface area (Å²) >= 11 is 0. The van der Waals surface area contributed by atoms with Crippen molar-refractivity contribution in [3.8, 4) is 0 Å². The van der Waals surface area contributed by atoms with E-state index in [1.165, 1.54) is 0 Å². The Labute approximate surface area is 103 Å². The minimum absolute atomic E-state index is 0.364. The topological polar surface area (TPSA) is 29.1 Å². The summed E-state index contributed by atoms with van der Waals surface area (Å²) in [6.07, 6.45) is 4.89. The third kappa shape index (κ3) is 2.42. The largest absolute Gasteiger partial charge is 0.301 e. The van der Waals surface area contributed by atoms with Crippen molar-refractivity contribution < 1.29 is 4.79 Å². The molecule has 2 rings (SSSR count). The summed E-state index contributed by atoms with van der Waals surface area (Å²) in [4.78, 5) is 12.4. The van der Waals surface area contributed by atoms with E-state index in [2.05, 4.69) is 24.4 Å². The highest BCUT2D eigenvalue weighted by Crippen LogP contribution is 2.34. The fraction of sp³-hybridized carbons (Fsp3) is 0.533. The quantitative estimate of drug-likeness (QED) is 0.863. The molecule has 1 aliphatic rings. The molecule has 0 aliphatic heterocycles.